The zero-order valence-corrected chi connectivity index (χ0v) is 17.7. The molecule has 0 radical (unpaired) electrons. The van der Waals surface area contributed by atoms with E-state index < -0.39 is 0 Å². The third kappa shape index (κ3) is 4.95. The van der Waals surface area contributed by atoms with Gasteiger partial charge in [0.25, 0.3) is 0 Å². The third-order valence-electron chi connectivity index (χ3n) is 6.37. The van der Waals surface area contributed by atoms with Crippen LogP contribution in [0.25, 0.3) is 0 Å². The highest BCUT2D eigenvalue weighted by Crippen LogP contribution is 2.33. The second kappa shape index (κ2) is 8.93. The molecule has 2 fully saturated rings. The van der Waals surface area contributed by atoms with Crippen LogP contribution >= 0.6 is 0 Å². The lowest BCUT2D eigenvalue weighted by atomic mass is 9.84. The molecule has 1 saturated heterocycles. The Morgan fingerprint density at radius 1 is 0.931 bits per heavy atom. The van der Waals surface area contributed by atoms with Crippen molar-refractivity contribution in [2.24, 2.45) is 5.92 Å². The Hall–Kier alpha value is -2.43. The maximum atomic E-state index is 12.7. The molecule has 1 amide bonds. The first-order chi connectivity index (χ1) is 14.1. The van der Waals surface area contributed by atoms with Gasteiger partial charge in [-0.25, -0.2) is 9.97 Å². The van der Waals surface area contributed by atoms with Gasteiger partial charge in [0.1, 0.15) is 0 Å². The van der Waals surface area contributed by atoms with Crippen LogP contribution in [0, 0.1) is 19.8 Å². The minimum absolute atomic E-state index is 0.0511. The van der Waals surface area contributed by atoms with Crippen LogP contribution in [0.2, 0.25) is 0 Å². The van der Waals surface area contributed by atoms with E-state index in [9.17, 15) is 4.79 Å². The topological polar surface area (TPSA) is 58.1 Å². The Kier molecular flexibility index (Phi) is 6.12. The van der Waals surface area contributed by atoms with Gasteiger partial charge in [-0.05, 0) is 69.2 Å². The number of hydrogen-bond donors (Lipinski definition) is 1. The van der Waals surface area contributed by atoms with E-state index in [1.165, 1.54) is 37.7 Å². The summed E-state index contributed by atoms with van der Waals surface area (Å²) in [4.78, 5) is 24.1. The standard InChI is InChI=1S/C24H32N4O/c1-17-16-18(2)26-24(25-17)28-14-12-21(13-15-28)23(29)27-22-10-8-20(9-11-22)19-6-4-3-5-7-19/h8-11,16,19,21H,3-7,12-15H2,1-2H3,(H,27,29). The average molecular weight is 393 g/mol. The molecule has 2 heterocycles. The van der Waals surface area contributed by atoms with Gasteiger partial charge in [-0.1, -0.05) is 31.4 Å². The van der Waals surface area contributed by atoms with Gasteiger partial charge in [0.05, 0.1) is 0 Å². The Morgan fingerprint density at radius 3 is 2.17 bits per heavy atom. The average Bonchev–Trinajstić information content (AvgIpc) is 2.74. The summed E-state index contributed by atoms with van der Waals surface area (Å²) in [6.45, 7) is 5.64. The van der Waals surface area contributed by atoms with Gasteiger partial charge in [0.2, 0.25) is 11.9 Å². The first-order valence-corrected chi connectivity index (χ1v) is 11.1. The van der Waals surface area contributed by atoms with Crippen LogP contribution in [-0.2, 0) is 4.79 Å². The lowest BCUT2D eigenvalue weighted by Gasteiger charge is -2.31. The van der Waals surface area contributed by atoms with E-state index in [0.717, 1.165) is 49.0 Å². The number of aromatic nitrogens is 2. The fourth-order valence-electron chi connectivity index (χ4n) is 4.71. The van der Waals surface area contributed by atoms with Crippen LogP contribution in [0.4, 0.5) is 11.6 Å². The van der Waals surface area contributed by atoms with Crippen molar-refractivity contribution in [3.63, 3.8) is 0 Å². The number of nitrogens with zero attached hydrogens (tertiary/aromatic N) is 3. The predicted molar refractivity (Wildman–Crippen MR) is 117 cm³/mol. The van der Waals surface area contributed by atoms with E-state index in [-0.39, 0.29) is 11.8 Å². The van der Waals surface area contributed by atoms with Gasteiger partial charge in [0, 0.05) is 36.1 Å². The molecule has 0 spiro atoms. The zero-order chi connectivity index (χ0) is 20.2. The first-order valence-electron chi connectivity index (χ1n) is 11.1. The lowest BCUT2D eigenvalue weighted by molar-refractivity contribution is -0.120. The van der Waals surface area contributed by atoms with E-state index in [0.29, 0.717) is 5.92 Å². The van der Waals surface area contributed by atoms with Crippen LogP contribution in [0.5, 0.6) is 0 Å². The van der Waals surface area contributed by atoms with Crippen molar-refractivity contribution in [1.82, 2.24) is 9.97 Å². The van der Waals surface area contributed by atoms with Crippen LogP contribution < -0.4 is 10.2 Å². The summed E-state index contributed by atoms with van der Waals surface area (Å²) in [6, 6.07) is 10.5. The van der Waals surface area contributed by atoms with Gasteiger partial charge in [-0.2, -0.15) is 0 Å². The lowest BCUT2D eigenvalue weighted by Crippen LogP contribution is -2.39. The minimum atomic E-state index is 0.0511. The highest BCUT2D eigenvalue weighted by atomic mass is 16.1. The molecule has 1 aliphatic heterocycles. The molecule has 1 saturated carbocycles. The monoisotopic (exact) mass is 392 g/mol. The van der Waals surface area contributed by atoms with Gasteiger partial charge in [-0.15, -0.1) is 0 Å². The maximum Gasteiger partial charge on any atom is 0.227 e. The zero-order valence-electron chi connectivity index (χ0n) is 17.7. The molecule has 1 aromatic heterocycles. The molecule has 29 heavy (non-hydrogen) atoms. The molecular weight excluding hydrogens is 360 g/mol. The molecule has 154 valence electrons. The van der Waals surface area contributed by atoms with Crippen molar-refractivity contribution in [1.29, 1.82) is 0 Å². The second-order valence-electron chi connectivity index (χ2n) is 8.66. The summed E-state index contributed by atoms with van der Waals surface area (Å²) >= 11 is 0. The number of nitrogens with one attached hydrogen (secondary N) is 1. The number of benzene rings is 1. The number of rotatable bonds is 4. The van der Waals surface area contributed by atoms with Crippen LogP contribution in [0.15, 0.2) is 30.3 Å². The van der Waals surface area contributed by atoms with Crippen molar-refractivity contribution in [2.45, 2.75) is 64.7 Å². The molecule has 5 heteroatoms. The molecule has 4 rings (SSSR count). The number of aryl methyl sites for hydroxylation is 2. The molecular formula is C24H32N4O. The van der Waals surface area contributed by atoms with Crippen molar-refractivity contribution < 1.29 is 4.79 Å². The quantitative estimate of drug-likeness (QED) is 0.796. The van der Waals surface area contributed by atoms with Crippen molar-refractivity contribution in [3.8, 4) is 0 Å². The van der Waals surface area contributed by atoms with Gasteiger partial charge < -0.3 is 10.2 Å². The molecule has 1 N–H and O–H groups in total. The molecule has 2 aromatic rings. The van der Waals surface area contributed by atoms with E-state index in [1.807, 2.05) is 19.9 Å². The van der Waals surface area contributed by atoms with E-state index in [1.54, 1.807) is 0 Å². The Balaban J connectivity index is 1.30. The molecule has 1 aliphatic carbocycles. The van der Waals surface area contributed by atoms with Crippen LogP contribution in [0.1, 0.15) is 67.8 Å². The summed E-state index contributed by atoms with van der Waals surface area (Å²) in [7, 11) is 0. The SMILES string of the molecule is Cc1cc(C)nc(N2CCC(C(=O)Nc3ccc(C4CCCCC4)cc3)CC2)n1. The molecule has 0 bridgehead atoms. The minimum Gasteiger partial charge on any atom is -0.341 e. The Labute approximate surface area is 173 Å². The molecule has 0 atom stereocenters. The predicted octanol–water partition coefficient (Wildman–Crippen LogP) is 5.00. The fraction of sp³-hybridized carbons (Fsp3) is 0.542. The van der Waals surface area contributed by atoms with E-state index in [2.05, 4.69) is 44.5 Å². The van der Waals surface area contributed by atoms with Gasteiger partial charge in [-0.3, -0.25) is 4.79 Å². The third-order valence-corrected chi connectivity index (χ3v) is 6.37. The summed E-state index contributed by atoms with van der Waals surface area (Å²) in [6.07, 6.45) is 8.33. The first kappa shape index (κ1) is 19.9. The number of hydrogen-bond acceptors (Lipinski definition) is 4. The number of carbonyl (C=O) groups excluding carboxylic acids is 1. The van der Waals surface area contributed by atoms with Gasteiger partial charge in [0.15, 0.2) is 0 Å². The Bertz CT molecular complexity index is 814. The molecule has 1 aromatic carbocycles. The highest BCUT2D eigenvalue weighted by Gasteiger charge is 2.26. The van der Waals surface area contributed by atoms with E-state index >= 15 is 0 Å². The fourth-order valence-corrected chi connectivity index (χ4v) is 4.71. The normalized spacial score (nSPS) is 18.6. The largest absolute Gasteiger partial charge is 0.341 e. The van der Waals surface area contributed by atoms with Crippen LogP contribution in [-0.4, -0.2) is 29.0 Å². The second-order valence-corrected chi connectivity index (χ2v) is 8.66. The van der Waals surface area contributed by atoms with Gasteiger partial charge >= 0.3 is 0 Å². The van der Waals surface area contributed by atoms with Crippen molar-refractivity contribution >= 4 is 17.5 Å². The number of carbonyl (C=O) groups is 1. The molecule has 0 unspecified atom stereocenters. The number of anilines is 2. The molecule has 2 aliphatic rings. The number of piperidine rings is 1. The Morgan fingerprint density at radius 2 is 1.55 bits per heavy atom. The summed E-state index contributed by atoms with van der Waals surface area (Å²) < 4.78 is 0. The highest BCUT2D eigenvalue weighted by molar-refractivity contribution is 5.92. The number of amides is 1. The smallest absolute Gasteiger partial charge is 0.227 e. The van der Waals surface area contributed by atoms with Crippen molar-refractivity contribution in [2.75, 3.05) is 23.3 Å². The van der Waals surface area contributed by atoms with E-state index in [4.69, 9.17) is 0 Å². The maximum absolute atomic E-state index is 12.7. The molecule has 5 nitrogen and oxygen atoms in total. The summed E-state index contributed by atoms with van der Waals surface area (Å²) in [5, 5.41) is 3.13. The summed E-state index contributed by atoms with van der Waals surface area (Å²) in [5.41, 5.74) is 4.31. The van der Waals surface area contributed by atoms with Crippen LogP contribution in [0.3, 0.4) is 0 Å². The summed E-state index contributed by atoms with van der Waals surface area (Å²) in [5.74, 6) is 1.68. The van der Waals surface area contributed by atoms with Crippen molar-refractivity contribution in [3.05, 3.63) is 47.3 Å².